The molecule has 4 nitrogen and oxygen atoms in total. The van der Waals surface area contributed by atoms with Gasteiger partial charge in [-0.1, -0.05) is 41.4 Å². The van der Waals surface area contributed by atoms with Gasteiger partial charge in [0, 0.05) is 25.5 Å². The van der Waals surface area contributed by atoms with Crippen LogP contribution in [0.1, 0.15) is 45.6 Å². The molecule has 0 N–H and O–H groups in total. The average molecular weight is 561 g/mol. The lowest BCUT2D eigenvalue weighted by Crippen LogP contribution is -2.31. The van der Waals surface area contributed by atoms with Crippen LogP contribution in [0.4, 0.5) is 30.7 Å². The zero-order valence-electron chi connectivity index (χ0n) is 20.6. The number of benzene rings is 2. The highest BCUT2D eigenvalue weighted by molar-refractivity contribution is 6.20. The van der Waals surface area contributed by atoms with E-state index in [0.29, 0.717) is 11.3 Å². The monoisotopic (exact) mass is 560 g/mol. The van der Waals surface area contributed by atoms with Crippen molar-refractivity contribution in [3.63, 3.8) is 0 Å². The predicted molar refractivity (Wildman–Crippen MR) is 130 cm³/mol. The molecule has 0 fully saturated rings. The Balaban J connectivity index is 1.85. The van der Waals surface area contributed by atoms with Crippen molar-refractivity contribution in [3.8, 4) is 5.69 Å². The summed E-state index contributed by atoms with van der Waals surface area (Å²) in [5.74, 6) is -0.636. The van der Waals surface area contributed by atoms with E-state index in [4.69, 9.17) is 11.6 Å². The van der Waals surface area contributed by atoms with Gasteiger partial charge in [0.1, 0.15) is 11.3 Å². The highest BCUT2D eigenvalue weighted by Gasteiger charge is 2.42. The summed E-state index contributed by atoms with van der Waals surface area (Å²) in [7, 11) is 0. The Morgan fingerprint density at radius 3 is 2.11 bits per heavy atom. The molecule has 0 amide bonds. The minimum atomic E-state index is -4.93. The largest absolute Gasteiger partial charge is 0.435 e. The summed E-state index contributed by atoms with van der Waals surface area (Å²) >= 11 is 6.57. The molecule has 1 unspecified atom stereocenters. The summed E-state index contributed by atoms with van der Waals surface area (Å²) in [6, 6.07) is 8.69. The van der Waals surface area contributed by atoms with Gasteiger partial charge < -0.3 is 0 Å². The second kappa shape index (κ2) is 10.3. The third-order valence-electron chi connectivity index (χ3n) is 6.18. The molecule has 4 aromatic rings. The number of hydrogen-bond donors (Lipinski definition) is 0. The number of rotatable bonds is 7. The fraction of sp³-hybridized carbons (Fsp3) is 0.346. The molecule has 2 aromatic carbocycles. The summed E-state index contributed by atoms with van der Waals surface area (Å²) in [5, 5.41) is 0. The molecule has 0 aliphatic rings. The van der Waals surface area contributed by atoms with Gasteiger partial charge in [-0.25, -0.2) is 9.37 Å². The van der Waals surface area contributed by atoms with E-state index in [1.54, 1.807) is 6.20 Å². The van der Waals surface area contributed by atoms with Gasteiger partial charge in [0.25, 0.3) is 0 Å². The van der Waals surface area contributed by atoms with Crippen molar-refractivity contribution in [2.45, 2.75) is 51.6 Å². The van der Waals surface area contributed by atoms with Gasteiger partial charge in [-0.05, 0) is 49.6 Å². The predicted octanol–water partition coefficient (Wildman–Crippen LogP) is 7.90. The molecular formula is C26H24ClF7N4. The zero-order valence-corrected chi connectivity index (χ0v) is 21.4. The Hall–Kier alpha value is -3.05. The van der Waals surface area contributed by atoms with Gasteiger partial charge in [0.15, 0.2) is 5.69 Å². The van der Waals surface area contributed by atoms with Crippen molar-refractivity contribution in [1.29, 1.82) is 0 Å². The molecule has 204 valence electrons. The first-order valence-electron chi connectivity index (χ1n) is 11.6. The third-order valence-corrected chi connectivity index (χ3v) is 6.66. The maximum absolute atomic E-state index is 14.2. The Kier molecular flexibility index (Phi) is 7.55. The summed E-state index contributed by atoms with van der Waals surface area (Å²) in [4.78, 5) is 4.94. The summed E-state index contributed by atoms with van der Waals surface area (Å²) in [6.45, 7) is 4.63. The van der Waals surface area contributed by atoms with E-state index >= 15 is 0 Å². The second-order valence-electron chi connectivity index (χ2n) is 9.23. The van der Waals surface area contributed by atoms with Gasteiger partial charge in [0.05, 0.1) is 17.8 Å². The van der Waals surface area contributed by atoms with E-state index in [-0.39, 0.29) is 12.3 Å². The quantitative estimate of drug-likeness (QED) is 0.130. The standard InChI is InChI=1S/C26H24ClF7N4/c1-15-12-16(2)20(17(3)13-15)37-10-11-38-21(22(26(32,33)34)35-24(37)38)23(27)36(9-8-25(29,30)31)14-18-4-6-19(28)7-5-18/h4-7,10-13,23H,8-9,14H2,1-3H3. The highest BCUT2D eigenvalue weighted by Crippen LogP contribution is 2.40. The van der Waals surface area contributed by atoms with Crippen molar-refractivity contribution in [3.05, 3.63) is 88.3 Å². The molecule has 1 atom stereocenters. The molecular weight excluding hydrogens is 537 g/mol. The maximum atomic E-state index is 14.2. The average Bonchev–Trinajstić information content (AvgIpc) is 3.36. The Morgan fingerprint density at radius 1 is 0.947 bits per heavy atom. The maximum Gasteiger partial charge on any atom is 0.435 e. The van der Waals surface area contributed by atoms with Crippen molar-refractivity contribution >= 4 is 17.4 Å². The summed E-state index contributed by atoms with van der Waals surface area (Å²) in [5.41, 5.74) is 0.201. The van der Waals surface area contributed by atoms with Gasteiger partial charge in [-0.3, -0.25) is 13.9 Å². The van der Waals surface area contributed by atoms with Crippen LogP contribution in [0.2, 0.25) is 0 Å². The third kappa shape index (κ3) is 5.83. The van der Waals surface area contributed by atoms with Crippen LogP contribution < -0.4 is 0 Å². The van der Waals surface area contributed by atoms with Crippen LogP contribution >= 0.6 is 11.6 Å². The van der Waals surface area contributed by atoms with E-state index in [1.807, 2.05) is 32.9 Å². The van der Waals surface area contributed by atoms with E-state index in [9.17, 15) is 30.7 Å². The van der Waals surface area contributed by atoms with Crippen LogP contribution in [0, 0.1) is 26.6 Å². The number of alkyl halides is 7. The molecule has 38 heavy (non-hydrogen) atoms. The first-order chi connectivity index (χ1) is 17.7. The van der Waals surface area contributed by atoms with Crippen LogP contribution in [-0.2, 0) is 12.7 Å². The van der Waals surface area contributed by atoms with Crippen molar-refractivity contribution in [2.24, 2.45) is 0 Å². The normalized spacial score (nSPS) is 13.6. The van der Waals surface area contributed by atoms with E-state index < -0.39 is 48.0 Å². The van der Waals surface area contributed by atoms with Crippen LogP contribution in [0.5, 0.6) is 0 Å². The number of imidazole rings is 2. The number of aromatic nitrogens is 3. The first-order valence-corrected chi connectivity index (χ1v) is 12.0. The molecule has 0 saturated heterocycles. The molecule has 0 bridgehead atoms. The minimum Gasteiger partial charge on any atom is -0.285 e. The van der Waals surface area contributed by atoms with Crippen LogP contribution in [0.25, 0.3) is 11.5 Å². The number of fused-ring (bicyclic) bond motifs is 1. The molecule has 0 radical (unpaired) electrons. The van der Waals surface area contributed by atoms with Crippen molar-refractivity contribution in [2.75, 3.05) is 6.54 Å². The molecule has 0 aliphatic heterocycles. The summed E-state index contributed by atoms with van der Waals surface area (Å²) < 4.78 is 97.9. The lowest BCUT2D eigenvalue weighted by Gasteiger charge is -2.28. The molecule has 12 heteroatoms. The smallest absolute Gasteiger partial charge is 0.285 e. The second-order valence-corrected chi connectivity index (χ2v) is 9.64. The zero-order chi connectivity index (χ0) is 28.0. The van der Waals surface area contributed by atoms with E-state index in [2.05, 4.69) is 4.98 Å². The SMILES string of the molecule is Cc1cc(C)c(-n2ccn3c(C(Cl)N(CCC(F)(F)F)Cc4ccc(F)cc4)c(C(F)(F)F)nc23)c(C)c1. The molecule has 2 heterocycles. The molecule has 0 aliphatic carbocycles. The highest BCUT2D eigenvalue weighted by atomic mass is 35.5. The molecule has 4 rings (SSSR count). The van der Waals surface area contributed by atoms with Crippen molar-refractivity contribution in [1.82, 2.24) is 18.9 Å². The van der Waals surface area contributed by atoms with Gasteiger partial charge in [-0.2, -0.15) is 26.3 Å². The van der Waals surface area contributed by atoms with Crippen LogP contribution in [-0.4, -0.2) is 31.6 Å². The fourth-order valence-electron chi connectivity index (χ4n) is 4.65. The van der Waals surface area contributed by atoms with Crippen LogP contribution in [0.15, 0.2) is 48.8 Å². The lowest BCUT2D eigenvalue weighted by molar-refractivity contribution is -0.143. The van der Waals surface area contributed by atoms with Crippen LogP contribution in [0.3, 0.4) is 0 Å². The Bertz CT molecular complexity index is 1410. The number of halogens is 8. The van der Waals surface area contributed by atoms with Gasteiger partial charge in [-0.15, -0.1) is 0 Å². The fourth-order valence-corrected chi connectivity index (χ4v) is 5.03. The number of hydrogen-bond acceptors (Lipinski definition) is 2. The number of nitrogens with zero attached hydrogens (tertiary/aromatic N) is 4. The number of aryl methyl sites for hydroxylation is 3. The molecule has 0 spiro atoms. The van der Waals surface area contributed by atoms with Gasteiger partial charge >= 0.3 is 12.4 Å². The van der Waals surface area contributed by atoms with E-state index in [0.717, 1.165) is 38.1 Å². The molecule has 0 saturated carbocycles. The summed E-state index contributed by atoms with van der Waals surface area (Å²) in [6.07, 6.45) is -7.89. The minimum absolute atomic E-state index is 0.0782. The Morgan fingerprint density at radius 2 is 1.55 bits per heavy atom. The lowest BCUT2D eigenvalue weighted by atomic mass is 10.1. The van der Waals surface area contributed by atoms with E-state index in [1.165, 1.54) is 22.9 Å². The van der Waals surface area contributed by atoms with Gasteiger partial charge in [0.2, 0.25) is 5.78 Å². The Labute approximate surface area is 219 Å². The first kappa shape index (κ1) is 28.0. The topological polar surface area (TPSA) is 25.5 Å². The van der Waals surface area contributed by atoms with Crippen molar-refractivity contribution < 1.29 is 30.7 Å². The molecule has 2 aromatic heterocycles.